The third-order valence-electron chi connectivity index (χ3n) is 3.92. The van der Waals surface area contributed by atoms with Gasteiger partial charge in [-0.1, -0.05) is 24.3 Å². The molecule has 0 aliphatic carbocycles. The number of rotatable bonds is 1. The Hall–Kier alpha value is -3.76. The molecule has 0 N–H and O–H groups in total. The lowest BCUT2D eigenvalue weighted by atomic mass is 10.1. The Kier molecular flexibility index (Phi) is 3.16. The smallest absolute Gasteiger partial charge is 0.151 e. The Balaban J connectivity index is 2.00. The van der Waals surface area contributed by atoms with Crippen LogP contribution in [0.4, 0.5) is 17.1 Å². The second kappa shape index (κ2) is 5.46. The molecule has 0 fully saturated rings. The number of para-hydroxylation sites is 4. The first-order chi connectivity index (χ1) is 11.8. The fraction of sp³-hybridized carbons (Fsp3) is 0. The molecule has 0 unspecified atom stereocenters. The van der Waals surface area contributed by atoms with Crippen LogP contribution in [0.2, 0.25) is 0 Å². The predicted molar refractivity (Wildman–Crippen MR) is 90.6 cm³/mol. The van der Waals surface area contributed by atoms with Crippen molar-refractivity contribution in [3.8, 4) is 23.6 Å². The molecule has 1 heterocycles. The predicted octanol–water partition coefficient (Wildman–Crippen LogP) is 5.01. The van der Waals surface area contributed by atoms with Crippen LogP contribution in [0.1, 0.15) is 11.1 Å². The number of hydrogen-bond acceptors (Lipinski definition) is 4. The molecule has 4 rings (SSSR count). The van der Waals surface area contributed by atoms with Gasteiger partial charge in [0, 0.05) is 0 Å². The maximum atomic E-state index is 9.55. The zero-order valence-electron chi connectivity index (χ0n) is 12.6. The van der Waals surface area contributed by atoms with Crippen LogP contribution in [0.3, 0.4) is 0 Å². The molecule has 0 atom stereocenters. The molecule has 112 valence electrons. The zero-order chi connectivity index (χ0) is 16.5. The van der Waals surface area contributed by atoms with E-state index in [2.05, 4.69) is 12.1 Å². The van der Waals surface area contributed by atoms with Crippen molar-refractivity contribution >= 4 is 17.1 Å². The van der Waals surface area contributed by atoms with Crippen molar-refractivity contribution in [2.45, 2.75) is 0 Å². The Bertz CT molecular complexity index is 982. The highest BCUT2D eigenvalue weighted by Crippen LogP contribution is 2.50. The van der Waals surface area contributed by atoms with Gasteiger partial charge in [0.25, 0.3) is 0 Å². The van der Waals surface area contributed by atoms with E-state index in [0.717, 1.165) is 28.6 Å². The Morgan fingerprint density at radius 2 is 1.33 bits per heavy atom. The standard InChI is InChI=1S/C20H11N3O/c21-12-14-9-10-16(15(11-14)13-22)23-17-5-1-3-7-19(17)24-20-8-4-2-6-18(20)23/h1-11H. The third-order valence-corrected chi connectivity index (χ3v) is 3.92. The molecule has 0 bridgehead atoms. The monoisotopic (exact) mass is 309 g/mol. The molecule has 4 nitrogen and oxygen atoms in total. The van der Waals surface area contributed by atoms with Crippen LogP contribution in [0, 0.1) is 22.7 Å². The van der Waals surface area contributed by atoms with E-state index in [1.165, 1.54) is 0 Å². The Labute approximate surface area is 139 Å². The molecule has 3 aromatic rings. The summed E-state index contributed by atoms with van der Waals surface area (Å²) in [4.78, 5) is 1.99. The van der Waals surface area contributed by atoms with Gasteiger partial charge in [0.1, 0.15) is 6.07 Å². The number of nitriles is 2. The second-order valence-electron chi connectivity index (χ2n) is 5.33. The van der Waals surface area contributed by atoms with E-state index in [4.69, 9.17) is 10.00 Å². The fourth-order valence-corrected chi connectivity index (χ4v) is 2.85. The number of ether oxygens (including phenoxy) is 1. The fourth-order valence-electron chi connectivity index (χ4n) is 2.85. The maximum Gasteiger partial charge on any atom is 0.151 e. The van der Waals surface area contributed by atoms with E-state index in [0.29, 0.717) is 11.1 Å². The van der Waals surface area contributed by atoms with Gasteiger partial charge >= 0.3 is 0 Å². The number of nitrogens with zero attached hydrogens (tertiary/aromatic N) is 3. The van der Waals surface area contributed by atoms with Gasteiger partial charge in [0.05, 0.1) is 34.3 Å². The SMILES string of the molecule is N#Cc1ccc(N2c3ccccc3Oc3ccccc32)c(C#N)c1. The van der Waals surface area contributed by atoms with Gasteiger partial charge in [-0.2, -0.15) is 10.5 Å². The average molecular weight is 309 g/mol. The molecule has 1 aliphatic rings. The van der Waals surface area contributed by atoms with Gasteiger partial charge in [0.15, 0.2) is 11.5 Å². The summed E-state index contributed by atoms with van der Waals surface area (Å²) in [5.41, 5.74) is 3.35. The molecule has 3 aromatic carbocycles. The largest absolute Gasteiger partial charge is 0.453 e. The van der Waals surface area contributed by atoms with Crippen LogP contribution in [0.15, 0.2) is 66.7 Å². The molecule has 0 saturated heterocycles. The van der Waals surface area contributed by atoms with E-state index in [9.17, 15) is 5.26 Å². The number of benzene rings is 3. The summed E-state index contributed by atoms with van der Waals surface area (Å²) in [5, 5.41) is 18.6. The van der Waals surface area contributed by atoms with Gasteiger partial charge in [-0.05, 0) is 42.5 Å². The van der Waals surface area contributed by atoms with E-state index in [-0.39, 0.29) is 0 Å². The number of fused-ring (bicyclic) bond motifs is 2. The summed E-state index contributed by atoms with van der Waals surface area (Å²) < 4.78 is 5.97. The van der Waals surface area contributed by atoms with Gasteiger partial charge < -0.3 is 9.64 Å². The minimum Gasteiger partial charge on any atom is -0.453 e. The van der Waals surface area contributed by atoms with Gasteiger partial charge in [-0.25, -0.2) is 0 Å². The lowest BCUT2D eigenvalue weighted by Gasteiger charge is -2.33. The molecule has 0 radical (unpaired) electrons. The number of hydrogen-bond donors (Lipinski definition) is 0. The molecule has 4 heteroatoms. The molecule has 0 saturated carbocycles. The highest BCUT2D eigenvalue weighted by Gasteiger charge is 2.26. The highest BCUT2D eigenvalue weighted by atomic mass is 16.5. The van der Waals surface area contributed by atoms with E-state index in [1.54, 1.807) is 18.2 Å². The average Bonchev–Trinajstić information content (AvgIpc) is 2.65. The van der Waals surface area contributed by atoms with Crippen molar-refractivity contribution in [2.24, 2.45) is 0 Å². The van der Waals surface area contributed by atoms with Gasteiger partial charge in [-0.3, -0.25) is 0 Å². The summed E-state index contributed by atoms with van der Waals surface area (Å²) in [6.45, 7) is 0. The first kappa shape index (κ1) is 13.9. The van der Waals surface area contributed by atoms with Crippen molar-refractivity contribution in [1.29, 1.82) is 10.5 Å². The molecule has 0 aromatic heterocycles. The number of anilines is 3. The Morgan fingerprint density at radius 1 is 0.708 bits per heavy atom. The van der Waals surface area contributed by atoms with Gasteiger partial charge in [-0.15, -0.1) is 0 Å². The van der Waals surface area contributed by atoms with Crippen LogP contribution >= 0.6 is 0 Å². The summed E-state index contributed by atoms with van der Waals surface area (Å²) >= 11 is 0. The quantitative estimate of drug-likeness (QED) is 0.496. The minimum atomic E-state index is 0.445. The van der Waals surface area contributed by atoms with Crippen LogP contribution < -0.4 is 9.64 Å². The third kappa shape index (κ3) is 2.06. The second-order valence-corrected chi connectivity index (χ2v) is 5.33. The van der Waals surface area contributed by atoms with E-state index >= 15 is 0 Å². The van der Waals surface area contributed by atoms with Crippen molar-refractivity contribution in [3.05, 3.63) is 77.9 Å². The Morgan fingerprint density at radius 3 is 1.92 bits per heavy atom. The lowest BCUT2D eigenvalue weighted by molar-refractivity contribution is 0.477. The summed E-state index contributed by atoms with van der Waals surface area (Å²) in [7, 11) is 0. The molecular weight excluding hydrogens is 298 g/mol. The summed E-state index contributed by atoms with van der Waals surface area (Å²) in [6.07, 6.45) is 0. The maximum absolute atomic E-state index is 9.55. The molecule has 0 spiro atoms. The van der Waals surface area contributed by atoms with Gasteiger partial charge in [0.2, 0.25) is 0 Å². The van der Waals surface area contributed by atoms with Crippen LogP contribution in [0.5, 0.6) is 11.5 Å². The van der Waals surface area contributed by atoms with Crippen molar-refractivity contribution < 1.29 is 4.74 Å². The minimum absolute atomic E-state index is 0.445. The van der Waals surface area contributed by atoms with Crippen LogP contribution in [-0.2, 0) is 0 Å². The van der Waals surface area contributed by atoms with Crippen molar-refractivity contribution in [3.63, 3.8) is 0 Å². The van der Waals surface area contributed by atoms with E-state index < -0.39 is 0 Å². The first-order valence-electron chi connectivity index (χ1n) is 7.42. The highest BCUT2D eigenvalue weighted by molar-refractivity contribution is 5.88. The zero-order valence-corrected chi connectivity index (χ0v) is 12.6. The lowest BCUT2D eigenvalue weighted by Crippen LogP contribution is -2.16. The first-order valence-corrected chi connectivity index (χ1v) is 7.42. The molecule has 1 aliphatic heterocycles. The van der Waals surface area contributed by atoms with Crippen LogP contribution in [0.25, 0.3) is 0 Å². The summed E-state index contributed by atoms with van der Waals surface area (Å²) in [6, 6.07) is 24.8. The topological polar surface area (TPSA) is 60.1 Å². The van der Waals surface area contributed by atoms with Crippen molar-refractivity contribution in [2.75, 3.05) is 4.90 Å². The summed E-state index contributed by atoms with van der Waals surface area (Å²) in [5.74, 6) is 1.45. The van der Waals surface area contributed by atoms with Crippen LogP contribution in [-0.4, -0.2) is 0 Å². The van der Waals surface area contributed by atoms with Crippen molar-refractivity contribution in [1.82, 2.24) is 0 Å². The molecule has 0 amide bonds. The molecule has 24 heavy (non-hydrogen) atoms. The molecular formula is C20H11N3O. The normalized spacial score (nSPS) is 11.5. The van der Waals surface area contributed by atoms with E-state index in [1.807, 2.05) is 53.4 Å².